The van der Waals surface area contributed by atoms with Gasteiger partial charge >= 0.3 is 184 Å². The van der Waals surface area contributed by atoms with Gasteiger partial charge in [-0.2, -0.15) is 0 Å². The first-order chi connectivity index (χ1) is 14.6. The average molecular weight is 578 g/mol. The zero-order valence-electron chi connectivity index (χ0n) is 16.7. The normalized spacial score (nSPS) is 13.1. The van der Waals surface area contributed by atoms with Crippen LogP contribution in [0.1, 0.15) is 13.8 Å². The van der Waals surface area contributed by atoms with Gasteiger partial charge in [-0.15, -0.1) is 0 Å². The van der Waals surface area contributed by atoms with Crippen LogP contribution in [0.4, 0.5) is 11.6 Å². The third-order valence-electron chi connectivity index (χ3n) is 3.84. The summed E-state index contributed by atoms with van der Waals surface area (Å²) < 4.78 is 93.8. The molecule has 2 aromatic rings. The molecule has 2 rings (SSSR count). The van der Waals surface area contributed by atoms with Crippen molar-refractivity contribution in [2.45, 2.75) is 17.1 Å². The first-order valence-electron chi connectivity index (χ1n) is 8.99. The molecule has 0 aliphatic carbocycles. The molecule has 12 heteroatoms. The second kappa shape index (κ2) is 10.8. The Morgan fingerprint density at radius 3 is 1.48 bits per heavy atom. The predicted molar refractivity (Wildman–Crippen MR) is 100 cm³/mol. The molecule has 0 heterocycles. The van der Waals surface area contributed by atoms with Crippen LogP contribution in [0.15, 0.2) is 48.5 Å². The molecule has 0 unspecified atom stereocenters. The zero-order chi connectivity index (χ0) is 23.1. The number of hydrogen-bond acceptors (Lipinski definition) is 7. The van der Waals surface area contributed by atoms with Crippen molar-refractivity contribution in [3.63, 3.8) is 0 Å². The number of halogens is 4. The molecule has 0 radical (unpaired) electrons. The third kappa shape index (κ3) is 5.80. The molecule has 0 aliphatic heterocycles. The first-order valence-corrected chi connectivity index (χ1v) is 14.4. The van der Waals surface area contributed by atoms with E-state index in [1.165, 1.54) is 24.3 Å². The fraction of sp³-hybridized carbons (Fsp3) is 0.368. The van der Waals surface area contributed by atoms with Crippen LogP contribution >= 0.6 is 0 Å². The summed E-state index contributed by atoms with van der Waals surface area (Å²) in [6, 6.07) is 8.82. The topological polar surface area (TPSA) is 94.1 Å². The zero-order valence-corrected chi connectivity index (χ0v) is 19.7. The molecule has 0 amide bonds. The van der Waals surface area contributed by atoms with Crippen LogP contribution in [-0.2, 0) is 19.6 Å². The first kappa shape index (κ1) is 25.6. The van der Waals surface area contributed by atoms with Crippen LogP contribution in [0.25, 0.3) is 0 Å². The fourth-order valence-electron chi connectivity index (χ4n) is 2.31. The van der Waals surface area contributed by atoms with E-state index in [0.717, 1.165) is 24.3 Å². The van der Waals surface area contributed by atoms with Crippen molar-refractivity contribution in [3.05, 3.63) is 55.7 Å². The van der Waals surface area contributed by atoms with E-state index in [1.54, 1.807) is 13.8 Å². The molecule has 0 aromatic heterocycles. The molecule has 176 valence electrons. The summed E-state index contributed by atoms with van der Waals surface area (Å²) in [5, 5.41) is 0. The Hall–Kier alpha value is -1.61. The molecule has 0 atom stereocenters. The number of hydrogen-bond donors (Lipinski definition) is 0. The van der Waals surface area contributed by atoms with E-state index in [4.69, 9.17) is 18.9 Å². The second-order valence-electron chi connectivity index (χ2n) is 5.82. The van der Waals surface area contributed by atoms with Gasteiger partial charge in [0, 0.05) is 0 Å². The van der Waals surface area contributed by atoms with Crippen molar-refractivity contribution in [2.24, 2.45) is 0 Å². The Morgan fingerprint density at radius 1 is 0.839 bits per heavy atom. The standard InChI is InChI=1S/C19H23F3IO7S/c1-3-27-13-29-17-9-5-15(6-10-17)23(22,19(20,21)31(24,25)26)16-7-11-18(12-8-16)30-14-28-4-2/h5-12H,3-4,13-14H2,1-2H3,(H,24,25,26)/q-1/p-1. The van der Waals surface area contributed by atoms with Gasteiger partial charge < -0.3 is 0 Å². The van der Waals surface area contributed by atoms with E-state index in [-0.39, 0.29) is 25.1 Å². The van der Waals surface area contributed by atoms with E-state index in [9.17, 15) is 21.8 Å². The van der Waals surface area contributed by atoms with Crippen LogP contribution in [0.5, 0.6) is 11.5 Å². The third-order valence-corrected chi connectivity index (χ3v) is 14.1. The molecule has 31 heavy (non-hydrogen) atoms. The predicted octanol–water partition coefficient (Wildman–Crippen LogP) is 0.612. The Kier molecular flexibility index (Phi) is 8.94. The van der Waals surface area contributed by atoms with Crippen LogP contribution in [0, 0.1) is 7.14 Å². The van der Waals surface area contributed by atoms with Gasteiger partial charge in [0.1, 0.15) is 0 Å². The number of rotatable bonds is 12. The molecule has 0 N–H and O–H groups in total. The van der Waals surface area contributed by atoms with Gasteiger partial charge in [0.05, 0.1) is 0 Å². The van der Waals surface area contributed by atoms with Gasteiger partial charge in [0.25, 0.3) is 0 Å². The van der Waals surface area contributed by atoms with Gasteiger partial charge in [-0.05, 0) is 0 Å². The van der Waals surface area contributed by atoms with E-state index in [0.29, 0.717) is 13.2 Å². The van der Waals surface area contributed by atoms with Crippen molar-refractivity contribution in [3.8, 4) is 11.5 Å². The van der Waals surface area contributed by atoms with Crippen molar-refractivity contribution >= 4 is 10.1 Å². The van der Waals surface area contributed by atoms with E-state index in [2.05, 4.69) is 0 Å². The second-order valence-corrected chi connectivity index (χ2v) is 14.7. The Bertz CT molecular complexity index is 884. The molecule has 0 saturated carbocycles. The summed E-state index contributed by atoms with van der Waals surface area (Å²) >= 11 is -6.46. The Labute approximate surface area is 183 Å². The Balaban J connectivity index is 2.45. The van der Waals surface area contributed by atoms with Crippen LogP contribution in [-0.4, -0.2) is 43.0 Å². The van der Waals surface area contributed by atoms with Crippen molar-refractivity contribution in [2.75, 3.05) is 26.8 Å². The summed E-state index contributed by atoms with van der Waals surface area (Å²) in [6.45, 7) is 4.06. The SMILES string of the molecule is CCOCOc1ccc([I-](F)(c2ccc(OCOCC)cc2)C(F)(F)S(=O)(=O)[O-])cc1. The Morgan fingerprint density at radius 2 is 1.19 bits per heavy atom. The summed E-state index contributed by atoms with van der Waals surface area (Å²) in [5.74, 6) is 0.405. The quantitative estimate of drug-likeness (QED) is 0.120. The maximum absolute atomic E-state index is 16.1. The molecule has 0 bridgehead atoms. The minimum atomic E-state index is -6.46. The van der Waals surface area contributed by atoms with Crippen molar-refractivity contribution in [1.82, 2.24) is 0 Å². The molecular formula is C19H22F3IO7S-2. The van der Waals surface area contributed by atoms with E-state index >= 15 is 2.86 Å². The van der Waals surface area contributed by atoms with Gasteiger partial charge in [0.15, 0.2) is 0 Å². The van der Waals surface area contributed by atoms with Gasteiger partial charge in [-0.3, -0.25) is 0 Å². The van der Waals surface area contributed by atoms with Gasteiger partial charge in [0.2, 0.25) is 0 Å². The van der Waals surface area contributed by atoms with E-state index in [1.807, 2.05) is 0 Å². The van der Waals surface area contributed by atoms with Crippen LogP contribution < -0.4 is 28.5 Å². The van der Waals surface area contributed by atoms with Gasteiger partial charge in [-0.25, -0.2) is 0 Å². The molecular weight excluding hydrogens is 556 g/mol. The van der Waals surface area contributed by atoms with Crippen LogP contribution in [0.3, 0.4) is 0 Å². The number of alkyl halides is 3. The monoisotopic (exact) mass is 578 g/mol. The maximum atomic E-state index is 16.1. The molecule has 0 saturated heterocycles. The number of benzene rings is 2. The average Bonchev–Trinajstić information content (AvgIpc) is 2.73. The van der Waals surface area contributed by atoms with Crippen molar-refractivity contribution in [1.29, 1.82) is 0 Å². The molecule has 2 aromatic carbocycles. The molecule has 0 fully saturated rings. The summed E-state index contributed by atoms with van der Waals surface area (Å²) in [4.78, 5) is 0. The summed E-state index contributed by atoms with van der Waals surface area (Å²) in [5.41, 5.74) is 0. The molecule has 7 nitrogen and oxygen atoms in total. The van der Waals surface area contributed by atoms with E-state index < -0.39 is 39.5 Å². The molecule has 0 aliphatic rings. The summed E-state index contributed by atoms with van der Waals surface area (Å²) in [7, 11) is -6.29. The number of ether oxygens (including phenoxy) is 4. The molecule has 0 spiro atoms. The summed E-state index contributed by atoms with van der Waals surface area (Å²) in [6.07, 6.45) is 0. The van der Waals surface area contributed by atoms with Gasteiger partial charge in [-0.1, -0.05) is 0 Å². The van der Waals surface area contributed by atoms with Crippen LogP contribution in [0.2, 0.25) is 0 Å². The van der Waals surface area contributed by atoms with Crippen molar-refractivity contribution < 1.29 is 62.6 Å². The fourth-order valence-corrected chi connectivity index (χ4v) is 10.9. The minimum absolute atomic E-state index is 0.105.